The van der Waals surface area contributed by atoms with Gasteiger partial charge in [0.1, 0.15) is 0 Å². The van der Waals surface area contributed by atoms with Crippen molar-refractivity contribution in [1.82, 2.24) is 4.90 Å². The summed E-state index contributed by atoms with van der Waals surface area (Å²) in [6.07, 6.45) is 2.56. The highest BCUT2D eigenvalue weighted by Crippen LogP contribution is 2.35. The standard InChI is InChI=1S/C14H24N2S/c1-11(15)13(12-4-9-17-10-12)16-7-5-14(2,3)6-8-16/h4,9-11,13H,5-8,15H2,1-3H3. The van der Waals surface area contributed by atoms with Crippen molar-refractivity contribution in [2.75, 3.05) is 13.1 Å². The molecule has 2 heterocycles. The van der Waals surface area contributed by atoms with Gasteiger partial charge in [0, 0.05) is 6.04 Å². The SMILES string of the molecule is CC(N)C(c1ccsc1)N1CCC(C)(C)CC1. The molecule has 96 valence electrons. The lowest BCUT2D eigenvalue weighted by Crippen LogP contribution is -2.45. The maximum Gasteiger partial charge on any atom is 0.0504 e. The third-order valence-corrected chi connectivity index (χ3v) is 4.63. The zero-order valence-electron chi connectivity index (χ0n) is 11.1. The van der Waals surface area contributed by atoms with Crippen molar-refractivity contribution in [3.05, 3.63) is 22.4 Å². The van der Waals surface area contributed by atoms with Gasteiger partial charge in [-0.05, 0) is 60.7 Å². The smallest absolute Gasteiger partial charge is 0.0504 e. The molecule has 0 amide bonds. The van der Waals surface area contributed by atoms with E-state index in [2.05, 4.69) is 42.5 Å². The maximum absolute atomic E-state index is 6.19. The van der Waals surface area contributed by atoms with Crippen LogP contribution in [0.25, 0.3) is 0 Å². The van der Waals surface area contributed by atoms with Crippen LogP contribution in [0.4, 0.5) is 0 Å². The zero-order chi connectivity index (χ0) is 12.5. The van der Waals surface area contributed by atoms with E-state index in [1.807, 2.05) is 0 Å². The van der Waals surface area contributed by atoms with Gasteiger partial charge in [-0.2, -0.15) is 11.3 Å². The quantitative estimate of drug-likeness (QED) is 0.894. The van der Waals surface area contributed by atoms with Crippen LogP contribution >= 0.6 is 11.3 Å². The molecule has 2 atom stereocenters. The summed E-state index contributed by atoms with van der Waals surface area (Å²) in [5, 5.41) is 4.40. The molecule has 2 nitrogen and oxygen atoms in total. The second-order valence-corrected chi connectivity index (χ2v) is 6.84. The molecule has 0 aromatic carbocycles. The lowest BCUT2D eigenvalue weighted by atomic mass is 9.81. The van der Waals surface area contributed by atoms with Crippen LogP contribution < -0.4 is 5.73 Å². The molecule has 1 fully saturated rings. The fourth-order valence-electron chi connectivity index (χ4n) is 2.70. The average molecular weight is 252 g/mol. The molecule has 1 aromatic rings. The van der Waals surface area contributed by atoms with Gasteiger partial charge in [-0.1, -0.05) is 13.8 Å². The van der Waals surface area contributed by atoms with Gasteiger partial charge in [-0.15, -0.1) is 0 Å². The van der Waals surface area contributed by atoms with E-state index in [4.69, 9.17) is 5.73 Å². The normalized spacial score (nSPS) is 24.5. The van der Waals surface area contributed by atoms with Crippen LogP contribution in [0.1, 0.15) is 45.2 Å². The molecule has 1 saturated heterocycles. The van der Waals surface area contributed by atoms with E-state index in [1.165, 1.54) is 31.5 Å². The van der Waals surface area contributed by atoms with E-state index in [1.54, 1.807) is 11.3 Å². The first kappa shape index (κ1) is 13.1. The molecule has 2 rings (SSSR count). The minimum absolute atomic E-state index is 0.200. The Bertz CT molecular complexity index is 333. The van der Waals surface area contributed by atoms with Gasteiger partial charge >= 0.3 is 0 Å². The number of likely N-dealkylation sites (tertiary alicyclic amines) is 1. The predicted molar refractivity (Wildman–Crippen MR) is 75.3 cm³/mol. The summed E-state index contributed by atoms with van der Waals surface area (Å²) in [6, 6.07) is 2.82. The lowest BCUT2D eigenvalue weighted by molar-refractivity contribution is 0.0843. The maximum atomic E-state index is 6.19. The summed E-state index contributed by atoms with van der Waals surface area (Å²) in [6.45, 7) is 9.22. The molecule has 0 spiro atoms. The van der Waals surface area contributed by atoms with Crippen LogP contribution in [0.3, 0.4) is 0 Å². The molecular weight excluding hydrogens is 228 g/mol. The minimum Gasteiger partial charge on any atom is -0.326 e. The summed E-state index contributed by atoms with van der Waals surface area (Å²) in [5.41, 5.74) is 8.09. The first-order valence-corrected chi connectivity index (χ1v) is 7.46. The zero-order valence-corrected chi connectivity index (χ0v) is 12.0. The summed E-state index contributed by atoms with van der Waals surface area (Å²) in [5.74, 6) is 0. The number of hydrogen-bond acceptors (Lipinski definition) is 3. The van der Waals surface area contributed by atoms with Crippen molar-refractivity contribution in [3.8, 4) is 0 Å². The van der Waals surface area contributed by atoms with E-state index in [-0.39, 0.29) is 6.04 Å². The molecule has 3 heteroatoms. The molecule has 17 heavy (non-hydrogen) atoms. The van der Waals surface area contributed by atoms with Gasteiger partial charge in [-0.25, -0.2) is 0 Å². The van der Waals surface area contributed by atoms with Crippen molar-refractivity contribution in [1.29, 1.82) is 0 Å². The van der Waals surface area contributed by atoms with E-state index >= 15 is 0 Å². The molecule has 1 aliphatic heterocycles. The fraction of sp³-hybridized carbons (Fsp3) is 0.714. The van der Waals surface area contributed by atoms with Crippen LogP contribution in [0.15, 0.2) is 16.8 Å². The number of rotatable bonds is 3. The molecule has 1 aliphatic rings. The van der Waals surface area contributed by atoms with E-state index in [9.17, 15) is 0 Å². The van der Waals surface area contributed by atoms with Crippen molar-refractivity contribution in [3.63, 3.8) is 0 Å². The number of hydrogen-bond donors (Lipinski definition) is 1. The highest BCUT2D eigenvalue weighted by molar-refractivity contribution is 7.07. The molecule has 0 aliphatic carbocycles. The van der Waals surface area contributed by atoms with E-state index < -0.39 is 0 Å². The monoisotopic (exact) mass is 252 g/mol. The van der Waals surface area contributed by atoms with Gasteiger partial charge in [0.25, 0.3) is 0 Å². The minimum atomic E-state index is 0.200. The molecule has 0 saturated carbocycles. The van der Waals surface area contributed by atoms with Crippen LogP contribution in [0.5, 0.6) is 0 Å². The summed E-state index contributed by atoms with van der Waals surface area (Å²) < 4.78 is 0. The Morgan fingerprint density at radius 3 is 2.47 bits per heavy atom. The number of thiophene rings is 1. The number of nitrogens with two attached hydrogens (primary N) is 1. The highest BCUT2D eigenvalue weighted by atomic mass is 32.1. The van der Waals surface area contributed by atoms with E-state index in [0.717, 1.165) is 0 Å². The Labute approximate surface area is 109 Å². The summed E-state index contributed by atoms with van der Waals surface area (Å²) in [4.78, 5) is 2.57. The van der Waals surface area contributed by atoms with Gasteiger partial charge in [0.2, 0.25) is 0 Å². The van der Waals surface area contributed by atoms with Crippen molar-refractivity contribution in [2.24, 2.45) is 11.1 Å². The average Bonchev–Trinajstić information content (AvgIpc) is 2.74. The first-order valence-electron chi connectivity index (χ1n) is 6.51. The van der Waals surface area contributed by atoms with Crippen LogP contribution in [0.2, 0.25) is 0 Å². The summed E-state index contributed by atoms with van der Waals surface area (Å²) >= 11 is 1.77. The van der Waals surface area contributed by atoms with Gasteiger partial charge in [-0.3, -0.25) is 4.90 Å². The number of piperidine rings is 1. The Morgan fingerprint density at radius 1 is 1.35 bits per heavy atom. The molecular formula is C14H24N2S. The number of nitrogens with zero attached hydrogens (tertiary/aromatic N) is 1. The predicted octanol–water partition coefficient (Wildman–Crippen LogP) is 3.26. The molecule has 2 N–H and O–H groups in total. The van der Waals surface area contributed by atoms with Crippen molar-refractivity contribution in [2.45, 2.75) is 45.7 Å². The summed E-state index contributed by atoms with van der Waals surface area (Å²) in [7, 11) is 0. The van der Waals surface area contributed by atoms with Crippen LogP contribution in [0, 0.1) is 5.41 Å². The Morgan fingerprint density at radius 2 is 2.00 bits per heavy atom. The third-order valence-electron chi connectivity index (χ3n) is 3.93. The van der Waals surface area contributed by atoms with Crippen LogP contribution in [-0.2, 0) is 0 Å². The Hall–Kier alpha value is -0.380. The van der Waals surface area contributed by atoms with Gasteiger partial charge in [0.15, 0.2) is 0 Å². The fourth-order valence-corrected chi connectivity index (χ4v) is 3.39. The lowest BCUT2D eigenvalue weighted by Gasteiger charge is -2.42. The second kappa shape index (κ2) is 5.09. The van der Waals surface area contributed by atoms with E-state index in [0.29, 0.717) is 11.5 Å². The molecule has 1 aromatic heterocycles. The Kier molecular flexibility index (Phi) is 3.91. The second-order valence-electron chi connectivity index (χ2n) is 6.06. The highest BCUT2D eigenvalue weighted by Gasteiger charge is 2.31. The third kappa shape index (κ3) is 3.09. The van der Waals surface area contributed by atoms with Crippen LogP contribution in [-0.4, -0.2) is 24.0 Å². The van der Waals surface area contributed by atoms with Gasteiger partial charge < -0.3 is 5.73 Å². The molecule has 0 radical (unpaired) electrons. The van der Waals surface area contributed by atoms with Gasteiger partial charge in [0.05, 0.1) is 6.04 Å². The molecule has 2 unspecified atom stereocenters. The van der Waals surface area contributed by atoms with Crippen molar-refractivity contribution < 1.29 is 0 Å². The Balaban J connectivity index is 2.09. The topological polar surface area (TPSA) is 29.3 Å². The first-order chi connectivity index (χ1) is 7.99. The molecule has 0 bridgehead atoms. The van der Waals surface area contributed by atoms with Crippen molar-refractivity contribution >= 4 is 11.3 Å². The largest absolute Gasteiger partial charge is 0.326 e.